The molecule has 0 heterocycles. The molecule has 3 nitrogen and oxygen atoms in total. The summed E-state index contributed by atoms with van der Waals surface area (Å²) in [4.78, 5) is 0. The van der Waals surface area contributed by atoms with E-state index in [1.807, 2.05) is 13.8 Å². The molecule has 0 radical (unpaired) electrons. The van der Waals surface area contributed by atoms with Gasteiger partial charge in [0, 0.05) is 17.1 Å². The van der Waals surface area contributed by atoms with E-state index in [1.54, 1.807) is 12.1 Å². The molecule has 5 heteroatoms. The lowest BCUT2D eigenvalue weighted by molar-refractivity contribution is 0.262. The Labute approximate surface area is 117 Å². The SMILES string of the molecule is CC(C)(C#N)CCOc1c(Cl)cc(Cl)cc1CN. The lowest BCUT2D eigenvalue weighted by Crippen LogP contribution is -2.14. The largest absolute Gasteiger partial charge is 0.492 e. The standard InChI is InChI=1S/C13H16Cl2N2O/c1-13(2,8-17)3-4-18-12-9(7-16)5-10(14)6-11(12)15/h5-6H,3-4,7,16H2,1-2H3. The van der Waals surface area contributed by atoms with Crippen LogP contribution in [0.3, 0.4) is 0 Å². The fraction of sp³-hybridized carbons (Fsp3) is 0.462. The van der Waals surface area contributed by atoms with Gasteiger partial charge in [0.1, 0.15) is 5.75 Å². The summed E-state index contributed by atoms with van der Waals surface area (Å²) in [5.41, 5.74) is 5.97. The van der Waals surface area contributed by atoms with Gasteiger partial charge in [0.15, 0.2) is 0 Å². The topological polar surface area (TPSA) is 59.0 Å². The van der Waals surface area contributed by atoms with Crippen molar-refractivity contribution in [1.29, 1.82) is 5.26 Å². The van der Waals surface area contributed by atoms with Crippen molar-refractivity contribution >= 4 is 23.2 Å². The molecule has 1 aromatic carbocycles. The molecule has 0 amide bonds. The van der Waals surface area contributed by atoms with Gasteiger partial charge in [-0.1, -0.05) is 23.2 Å². The zero-order valence-corrected chi connectivity index (χ0v) is 12.0. The number of hydrogen-bond acceptors (Lipinski definition) is 3. The zero-order chi connectivity index (χ0) is 13.8. The number of rotatable bonds is 5. The number of nitrogens with two attached hydrogens (primary N) is 1. The van der Waals surface area contributed by atoms with Crippen molar-refractivity contribution in [2.45, 2.75) is 26.8 Å². The lowest BCUT2D eigenvalue weighted by atomic mass is 9.92. The smallest absolute Gasteiger partial charge is 0.142 e. The molecule has 0 aliphatic carbocycles. The van der Waals surface area contributed by atoms with Gasteiger partial charge in [0.25, 0.3) is 0 Å². The molecule has 98 valence electrons. The number of halogens is 2. The number of hydrogen-bond donors (Lipinski definition) is 1. The van der Waals surface area contributed by atoms with E-state index in [1.165, 1.54) is 0 Å². The van der Waals surface area contributed by atoms with Gasteiger partial charge >= 0.3 is 0 Å². The monoisotopic (exact) mass is 286 g/mol. The molecule has 0 unspecified atom stereocenters. The van der Waals surface area contributed by atoms with Crippen LogP contribution >= 0.6 is 23.2 Å². The van der Waals surface area contributed by atoms with Crippen LogP contribution < -0.4 is 10.5 Å². The number of ether oxygens (including phenoxy) is 1. The lowest BCUT2D eigenvalue weighted by Gasteiger charge is -2.17. The van der Waals surface area contributed by atoms with Gasteiger partial charge in [0.05, 0.1) is 23.1 Å². The molecule has 0 aliphatic heterocycles. The first-order valence-electron chi connectivity index (χ1n) is 5.61. The Kier molecular flexibility index (Phi) is 5.28. The molecule has 1 rings (SSSR count). The summed E-state index contributed by atoms with van der Waals surface area (Å²) in [6, 6.07) is 5.57. The van der Waals surface area contributed by atoms with Crippen molar-refractivity contribution in [2.24, 2.45) is 11.1 Å². The molecular weight excluding hydrogens is 271 g/mol. The van der Waals surface area contributed by atoms with Crippen molar-refractivity contribution in [3.63, 3.8) is 0 Å². The second-order valence-corrected chi connectivity index (χ2v) is 5.52. The van der Waals surface area contributed by atoms with Crippen molar-refractivity contribution in [1.82, 2.24) is 0 Å². The molecule has 0 saturated carbocycles. The summed E-state index contributed by atoms with van der Waals surface area (Å²) in [6.45, 7) is 4.44. The third kappa shape index (κ3) is 4.06. The van der Waals surface area contributed by atoms with Crippen molar-refractivity contribution in [3.05, 3.63) is 27.7 Å². The van der Waals surface area contributed by atoms with Gasteiger partial charge in [0.2, 0.25) is 0 Å². The maximum absolute atomic E-state index is 8.91. The average molecular weight is 287 g/mol. The third-order valence-electron chi connectivity index (χ3n) is 2.58. The number of nitriles is 1. The summed E-state index contributed by atoms with van der Waals surface area (Å²) >= 11 is 12.0. The summed E-state index contributed by atoms with van der Waals surface area (Å²) in [5.74, 6) is 0.553. The minimum atomic E-state index is -0.415. The average Bonchev–Trinajstić information content (AvgIpc) is 2.31. The Morgan fingerprint density at radius 2 is 2.06 bits per heavy atom. The van der Waals surface area contributed by atoms with Crippen LogP contribution in [0.2, 0.25) is 10.0 Å². The van der Waals surface area contributed by atoms with E-state index in [9.17, 15) is 0 Å². The van der Waals surface area contributed by atoms with Crippen LogP contribution in [0, 0.1) is 16.7 Å². The van der Waals surface area contributed by atoms with Crippen LogP contribution in [0.15, 0.2) is 12.1 Å². The van der Waals surface area contributed by atoms with E-state index in [0.717, 1.165) is 5.56 Å². The maximum atomic E-state index is 8.91. The van der Waals surface area contributed by atoms with Crippen LogP contribution in [-0.4, -0.2) is 6.61 Å². The van der Waals surface area contributed by atoms with E-state index < -0.39 is 5.41 Å². The minimum absolute atomic E-state index is 0.303. The Morgan fingerprint density at radius 1 is 1.39 bits per heavy atom. The summed E-state index contributed by atoms with van der Waals surface area (Å²) < 4.78 is 5.63. The van der Waals surface area contributed by atoms with Crippen molar-refractivity contribution in [2.75, 3.05) is 6.61 Å². The molecule has 0 saturated heterocycles. The first kappa shape index (κ1) is 15.1. The van der Waals surface area contributed by atoms with Crippen LogP contribution in [0.1, 0.15) is 25.8 Å². The highest BCUT2D eigenvalue weighted by molar-refractivity contribution is 6.35. The highest BCUT2D eigenvalue weighted by atomic mass is 35.5. The molecule has 0 aliphatic rings. The fourth-order valence-corrected chi connectivity index (χ4v) is 1.98. The molecule has 2 N–H and O–H groups in total. The summed E-state index contributed by atoms with van der Waals surface area (Å²) in [6.07, 6.45) is 0.618. The molecule has 0 aromatic heterocycles. The van der Waals surface area contributed by atoms with Crippen LogP contribution in [0.4, 0.5) is 0 Å². The van der Waals surface area contributed by atoms with E-state index in [0.29, 0.717) is 35.4 Å². The number of benzene rings is 1. The highest BCUT2D eigenvalue weighted by Crippen LogP contribution is 2.32. The Balaban J connectivity index is 2.77. The molecule has 1 aromatic rings. The predicted molar refractivity (Wildman–Crippen MR) is 73.9 cm³/mol. The normalized spacial score (nSPS) is 11.1. The van der Waals surface area contributed by atoms with E-state index in [-0.39, 0.29) is 0 Å². The molecule has 0 bridgehead atoms. The van der Waals surface area contributed by atoms with E-state index in [4.69, 9.17) is 38.9 Å². The molecule has 18 heavy (non-hydrogen) atoms. The predicted octanol–water partition coefficient (Wildman–Crippen LogP) is 3.77. The first-order chi connectivity index (χ1) is 8.39. The van der Waals surface area contributed by atoms with Crippen LogP contribution in [-0.2, 0) is 6.54 Å². The second-order valence-electron chi connectivity index (χ2n) is 4.67. The summed E-state index contributed by atoms with van der Waals surface area (Å²) in [7, 11) is 0. The molecule has 0 atom stereocenters. The van der Waals surface area contributed by atoms with E-state index in [2.05, 4.69) is 6.07 Å². The summed E-state index contributed by atoms with van der Waals surface area (Å²) in [5, 5.41) is 9.89. The number of nitrogens with zero attached hydrogens (tertiary/aromatic N) is 1. The van der Waals surface area contributed by atoms with Crippen LogP contribution in [0.25, 0.3) is 0 Å². The Bertz CT molecular complexity index is 467. The Hall–Kier alpha value is -0.950. The van der Waals surface area contributed by atoms with Gasteiger partial charge < -0.3 is 10.5 Å². The second kappa shape index (κ2) is 6.29. The molecular formula is C13H16Cl2N2O. The highest BCUT2D eigenvalue weighted by Gasteiger charge is 2.17. The third-order valence-corrected chi connectivity index (χ3v) is 3.08. The van der Waals surface area contributed by atoms with Crippen molar-refractivity contribution < 1.29 is 4.74 Å². The van der Waals surface area contributed by atoms with E-state index >= 15 is 0 Å². The Morgan fingerprint density at radius 3 is 2.61 bits per heavy atom. The fourth-order valence-electron chi connectivity index (χ4n) is 1.39. The molecule has 0 spiro atoms. The molecule has 0 fully saturated rings. The van der Waals surface area contributed by atoms with Gasteiger partial charge in [-0.25, -0.2) is 0 Å². The van der Waals surface area contributed by atoms with Crippen LogP contribution in [0.5, 0.6) is 5.75 Å². The van der Waals surface area contributed by atoms with Gasteiger partial charge in [-0.15, -0.1) is 0 Å². The van der Waals surface area contributed by atoms with Gasteiger partial charge in [-0.3, -0.25) is 0 Å². The van der Waals surface area contributed by atoms with Gasteiger partial charge in [-0.2, -0.15) is 5.26 Å². The minimum Gasteiger partial charge on any atom is -0.492 e. The first-order valence-corrected chi connectivity index (χ1v) is 6.37. The quantitative estimate of drug-likeness (QED) is 0.896. The van der Waals surface area contributed by atoms with Crippen molar-refractivity contribution in [3.8, 4) is 11.8 Å². The van der Waals surface area contributed by atoms with Gasteiger partial charge in [-0.05, 0) is 32.4 Å². The maximum Gasteiger partial charge on any atom is 0.142 e. The zero-order valence-electron chi connectivity index (χ0n) is 10.5.